The molecule has 5 heteroatoms. The van der Waals surface area contributed by atoms with Crippen LogP contribution in [-0.2, 0) is 19.1 Å². The molecule has 1 N–H and O–H groups in total. The molecule has 0 radical (unpaired) electrons. The van der Waals surface area contributed by atoms with Gasteiger partial charge in [0.25, 0.3) is 0 Å². The quantitative estimate of drug-likeness (QED) is 0.439. The maximum Gasteiger partial charge on any atom is 0.328 e. The molecule has 6 unspecified atom stereocenters. The van der Waals surface area contributed by atoms with E-state index in [2.05, 4.69) is 19.9 Å². The minimum Gasteiger partial charge on any atom is -0.478 e. The first-order chi connectivity index (χ1) is 13.1. The Morgan fingerprint density at radius 2 is 1.86 bits per heavy atom. The van der Waals surface area contributed by atoms with Crippen molar-refractivity contribution in [1.29, 1.82) is 0 Å². The van der Waals surface area contributed by atoms with E-state index in [-0.39, 0.29) is 29.2 Å². The van der Waals surface area contributed by atoms with E-state index in [1.165, 1.54) is 12.5 Å². The Morgan fingerprint density at radius 3 is 2.54 bits per heavy atom. The van der Waals surface area contributed by atoms with E-state index < -0.39 is 11.4 Å². The average Bonchev–Trinajstić information content (AvgIpc) is 2.86. The molecule has 28 heavy (non-hydrogen) atoms. The van der Waals surface area contributed by atoms with E-state index in [0.717, 1.165) is 44.6 Å². The third kappa shape index (κ3) is 2.85. The molecule has 0 aromatic rings. The molecule has 0 amide bonds. The zero-order chi connectivity index (χ0) is 20.3. The summed E-state index contributed by atoms with van der Waals surface area (Å²) in [5.74, 6) is -0.0217. The molecule has 4 rings (SSSR count). The third-order valence-electron chi connectivity index (χ3n) is 8.33. The fraction of sp³-hybridized carbons (Fsp3) is 0.696. The highest BCUT2D eigenvalue weighted by atomic mass is 16.5. The first kappa shape index (κ1) is 19.4. The van der Waals surface area contributed by atoms with E-state index in [0.29, 0.717) is 23.8 Å². The second-order valence-electron chi connectivity index (χ2n) is 9.73. The molecule has 152 valence electrons. The molecule has 0 heterocycles. The average molecular weight is 386 g/mol. The summed E-state index contributed by atoms with van der Waals surface area (Å²) >= 11 is 0. The minimum absolute atomic E-state index is 0.0135. The van der Waals surface area contributed by atoms with Gasteiger partial charge >= 0.3 is 11.9 Å². The van der Waals surface area contributed by atoms with E-state index >= 15 is 0 Å². The molecular weight excluding hydrogens is 356 g/mol. The van der Waals surface area contributed by atoms with Gasteiger partial charge in [0, 0.05) is 30.4 Å². The Labute approximate surface area is 166 Å². The highest BCUT2D eigenvalue weighted by Gasteiger charge is 2.60. The Kier molecular flexibility index (Phi) is 4.55. The molecule has 3 saturated carbocycles. The van der Waals surface area contributed by atoms with Crippen LogP contribution in [0, 0.1) is 28.6 Å². The zero-order valence-corrected chi connectivity index (χ0v) is 17.0. The van der Waals surface area contributed by atoms with Crippen molar-refractivity contribution in [2.24, 2.45) is 28.6 Å². The Bertz CT molecular complexity index is 793. The van der Waals surface area contributed by atoms with Crippen LogP contribution in [0.4, 0.5) is 0 Å². The number of carbonyl (C=O) groups is 3. The van der Waals surface area contributed by atoms with Crippen LogP contribution in [0.25, 0.3) is 0 Å². The van der Waals surface area contributed by atoms with Crippen molar-refractivity contribution in [2.45, 2.75) is 71.8 Å². The van der Waals surface area contributed by atoms with E-state index in [1.807, 2.05) is 0 Å². The molecule has 4 aliphatic rings. The molecule has 5 nitrogen and oxygen atoms in total. The minimum atomic E-state index is -1.02. The summed E-state index contributed by atoms with van der Waals surface area (Å²) in [6.45, 7) is 5.88. The van der Waals surface area contributed by atoms with Gasteiger partial charge in [-0.25, -0.2) is 4.79 Å². The van der Waals surface area contributed by atoms with Crippen LogP contribution in [0.5, 0.6) is 0 Å². The molecule has 0 aromatic heterocycles. The number of carboxylic acids is 1. The van der Waals surface area contributed by atoms with Crippen LogP contribution in [-0.4, -0.2) is 28.9 Å². The number of esters is 1. The van der Waals surface area contributed by atoms with Crippen molar-refractivity contribution < 1.29 is 24.2 Å². The summed E-state index contributed by atoms with van der Waals surface area (Å²) in [7, 11) is 0. The second kappa shape index (κ2) is 6.57. The number of rotatable bonds is 2. The van der Waals surface area contributed by atoms with Gasteiger partial charge in [-0.1, -0.05) is 25.5 Å². The predicted molar refractivity (Wildman–Crippen MR) is 103 cm³/mol. The number of ether oxygens (including phenoxy) is 1. The van der Waals surface area contributed by atoms with Crippen LogP contribution in [0.1, 0.15) is 65.7 Å². The number of fused-ring (bicyclic) bond motifs is 5. The largest absolute Gasteiger partial charge is 0.478 e. The molecule has 0 spiro atoms. The summed E-state index contributed by atoms with van der Waals surface area (Å²) < 4.78 is 5.48. The number of aliphatic carboxylic acids is 1. The number of Topliss-reactive ketones (excluding diaryl/α,β-unsaturated/α-hetero) is 1. The lowest BCUT2D eigenvalue weighted by Crippen LogP contribution is -2.50. The van der Waals surface area contributed by atoms with Gasteiger partial charge in [0.05, 0.1) is 0 Å². The maximum atomic E-state index is 13.0. The lowest BCUT2D eigenvalue weighted by Gasteiger charge is -2.56. The molecule has 0 aliphatic heterocycles. The van der Waals surface area contributed by atoms with Gasteiger partial charge in [-0.2, -0.15) is 0 Å². The van der Waals surface area contributed by atoms with Crippen molar-refractivity contribution in [1.82, 2.24) is 0 Å². The van der Waals surface area contributed by atoms with Gasteiger partial charge in [-0.05, 0) is 61.7 Å². The van der Waals surface area contributed by atoms with Gasteiger partial charge in [0.1, 0.15) is 6.10 Å². The summed E-state index contributed by atoms with van der Waals surface area (Å²) in [6, 6.07) is 0. The Morgan fingerprint density at radius 1 is 1.14 bits per heavy atom. The normalized spacial score (nSPS) is 43.6. The number of hydrogen-bond acceptors (Lipinski definition) is 4. The van der Waals surface area contributed by atoms with E-state index in [9.17, 15) is 14.4 Å². The first-order valence-electron chi connectivity index (χ1n) is 10.5. The number of carboxylic acid groups (broad SMARTS) is 1. The number of allylic oxidation sites excluding steroid dienone is 2. The van der Waals surface area contributed by atoms with Gasteiger partial charge < -0.3 is 9.84 Å². The molecule has 6 atom stereocenters. The number of hydrogen-bond donors (Lipinski definition) is 1. The topological polar surface area (TPSA) is 80.7 Å². The van der Waals surface area contributed by atoms with Crippen molar-refractivity contribution in [3.63, 3.8) is 0 Å². The lowest BCUT2D eigenvalue weighted by molar-refractivity contribution is -0.148. The van der Waals surface area contributed by atoms with Crippen LogP contribution < -0.4 is 0 Å². The SMILES string of the molecule is CC(=O)OC1CCC2(C)C(=CCC3C4CC(=CC(=O)O)C(=O)C4(C)CCC32)C1. The molecule has 4 aliphatic carbocycles. The van der Waals surface area contributed by atoms with Crippen molar-refractivity contribution in [3.05, 3.63) is 23.3 Å². The van der Waals surface area contributed by atoms with Gasteiger partial charge in [-0.15, -0.1) is 0 Å². The van der Waals surface area contributed by atoms with Crippen molar-refractivity contribution >= 4 is 17.7 Å². The molecule has 0 saturated heterocycles. The highest BCUT2D eigenvalue weighted by molar-refractivity contribution is 6.06. The second-order valence-corrected chi connectivity index (χ2v) is 9.73. The maximum absolute atomic E-state index is 13.0. The third-order valence-corrected chi connectivity index (χ3v) is 8.33. The highest BCUT2D eigenvalue weighted by Crippen LogP contribution is 2.64. The lowest BCUT2D eigenvalue weighted by atomic mass is 9.48. The predicted octanol–water partition coefficient (Wildman–Crippen LogP) is 4.07. The van der Waals surface area contributed by atoms with Gasteiger partial charge in [0.15, 0.2) is 5.78 Å². The Hall–Kier alpha value is -1.91. The molecule has 0 bridgehead atoms. The molecular formula is C23H30O5. The van der Waals surface area contributed by atoms with E-state index in [1.54, 1.807) is 0 Å². The van der Waals surface area contributed by atoms with Crippen LogP contribution in [0.2, 0.25) is 0 Å². The van der Waals surface area contributed by atoms with Crippen LogP contribution in [0.15, 0.2) is 23.3 Å². The van der Waals surface area contributed by atoms with Gasteiger partial charge in [-0.3, -0.25) is 9.59 Å². The standard InChI is InChI=1S/C23H30O5/c1-13(24)28-16-6-8-22(2)15(12-16)4-5-17-18(22)7-9-23(3)19(17)10-14(21(23)27)11-20(25)26/h4,11,16-19H,5-10,12H2,1-3H3,(H,25,26). The Balaban J connectivity index is 1.62. The fourth-order valence-corrected chi connectivity index (χ4v) is 6.91. The first-order valence-corrected chi connectivity index (χ1v) is 10.5. The summed E-state index contributed by atoms with van der Waals surface area (Å²) in [5, 5.41) is 9.15. The zero-order valence-electron chi connectivity index (χ0n) is 17.0. The number of carbonyl (C=O) groups excluding carboxylic acids is 2. The van der Waals surface area contributed by atoms with E-state index in [4.69, 9.17) is 9.84 Å². The summed E-state index contributed by atoms with van der Waals surface area (Å²) in [5.41, 5.74) is 1.60. The smallest absolute Gasteiger partial charge is 0.328 e. The monoisotopic (exact) mass is 386 g/mol. The molecule has 3 fully saturated rings. The summed E-state index contributed by atoms with van der Waals surface area (Å²) in [6.07, 6.45) is 9.57. The van der Waals surface area contributed by atoms with Gasteiger partial charge in [0.2, 0.25) is 0 Å². The van der Waals surface area contributed by atoms with Crippen molar-refractivity contribution in [2.75, 3.05) is 0 Å². The summed E-state index contributed by atoms with van der Waals surface area (Å²) in [4.78, 5) is 35.5. The molecule has 0 aromatic carbocycles. The van der Waals surface area contributed by atoms with Crippen molar-refractivity contribution in [3.8, 4) is 0 Å². The van der Waals surface area contributed by atoms with Crippen LogP contribution >= 0.6 is 0 Å². The fourth-order valence-electron chi connectivity index (χ4n) is 6.91. The number of ketones is 1. The van der Waals surface area contributed by atoms with Crippen LogP contribution in [0.3, 0.4) is 0 Å².